The quantitative estimate of drug-likeness (QED) is 0.533. The fourth-order valence-electron chi connectivity index (χ4n) is 0.916. The maximum atomic E-state index is 5.72. The third kappa shape index (κ3) is 4.30. The summed E-state index contributed by atoms with van der Waals surface area (Å²) in [5.74, 6) is 0.802. The van der Waals surface area contributed by atoms with Gasteiger partial charge in [0.05, 0.1) is 13.2 Å². The number of benzene rings is 1. The van der Waals surface area contributed by atoms with Crippen LogP contribution in [0.25, 0.3) is 0 Å². The molecule has 0 aromatic heterocycles. The molecule has 2 nitrogen and oxygen atoms in total. The van der Waals surface area contributed by atoms with Crippen LogP contribution in [0.5, 0.6) is 5.75 Å². The first-order chi connectivity index (χ1) is 6.83. The van der Waals surface area contributed by atoms with E-state index in [9.17, 15) is 0 Å². The Morgan fingerprint density at radius 2 is 1.93 bits per heavy atom. The molecule has 0 amide bonds. The molecule has 3 heteroatoms. The second-order valence-electron chi connectivity index (χ2n) is 2.67. The van der Waals surface area contributed by atoms with Crippen LogP contribution in [0.1, 0.15) is 0 Å². The Hall–Kier alpha value is -0.990. The standard InChI is InChI=1S/C11H13ClO2/c1-2-7-13-8-9-14-11-5-3-10(12)4-6-11/h2-6H,1,7-9H2. The fraction of sp³-hybridized carbons (Fsp3) is 0.273. The SMILES string of the molecule is C=CCOCCOc1ccc(Cl)cc1. The van der Waals surface area contributed by atoms with Crippen molar-refractivity contribution in [1.29, 1.82) is 0 Å². The second-order valence-corrected chi connectivity index (χ2v) is 3.10. The van der Waals surface area contributed by atoms with E-state index in [1.807, 2.05) is 12.1 Å². The molecule has 1 aromatic rings. The average Bonchev–Trinajstić information content (AvgIpc) is 2.21. The topological polar surface area (TPSA) is 18.5 Å². The van der Waals surface area contributed by atoms with Gasteiger partial charge in [-0.15, -0.1) is 6.58 Å². The molecule has 0 aliphatic rings. The van der Waals surface area contributed by atoms with E-state index in [1.165, 1.54) is 0 Å². The zero-order valence-electron chi connectivity index (χ0n) is 7.91. The summed E-state index contributed by atoms with van der Waals surface area (Å²) in [6, 6.07) is 7.24. The zero-order chi connectivity index (χ0) is 10.2. The first-order valence-electron chi connectivity index (χ1n) is 4.40. The van der Waals surface area contributed by atoms with E-state index in [0.717, 1.165) is 5.75 Å². The van der Waals surface area contributed by atoms with Gasteiger partial charge in [0.2, 0.25) is 0 Å². The van der Waals surface area contributed by atoms with Crippen LogP contribution in [-0.2, 0) is 4.74 Å². The molecular weight excluding hydrogens is 200 g/mol. The lowest BCUT2D eigenvalue weighted by atomic mass is 10.3. The minimum Gasteiger partial charge on any atom is -0.491 e. The molecule has 0 heterocycles. The summed E-state index contributed by atoms with van der Waals surface area (Å²) in [5.41, 5.74) is 0. The molecule has 14 heavy (non-hydrogen) atoms. The molecule has 0 fully saturated rings. The molecule has 0 N–H and O–H groups in total. The van der Waals surface area contributed by atoms with Crippen LogP contribution in [0.15, 0.2) is 36.9 Å². The van der Waals surface area contributed by atoms with E-state index in [4.69, 9.17) is 21.1 Å². The minimum absolute atomic E-state index is 0.537. The Balaban J connectivity index is 2.18. The summed E-state index contributed by atoms with van der Waals surface area (Å²) in [6.07, 6.45) is 1.71. The van der Waals surface area contributed by atoms with Gasteiger partial charge in [0.25, 0.3) is 0 Å². The van der Waals surface area contributed by atoms with E-state index >= 15 is 0 Å². The highest BCUT2D eigenvalue weighted by atomic mass is 35.5. The largest absolute Gasteiger partial charge is 0.491 e. The number of halogens is 1. The van der Waals surface area contributed by atoms with E-state index in [1.54, 1.807) is 18.2 Å². The van der Waals surface area contributed by atoms with Gasteiger partial charge >= 0.3 is 0 Å². The van der Waals surface area contributed by atoms with Crippen molar-refractivity contribution in [2.24, 2.45) is 0 Å². The molecule has 0 atom stereocenters. The third-order valence-corrected chi connectivity index (χ3v) is 1.80. The monoisotopic (exact) mass is 212 g/mol. The van der Waals surface area contributed by atoms with Gasteiger partial charge in [0, 0.05) is 5.02 Å². The summed E-state index contributed by atoms with van der Waals surface area (Å²) >= 11 is 5.72. The molecule has 1 aromatic carbocycles. The molecule has 0 aliphatic heterocycles. The van der Waals surface area contributed by atoms with Gasteiger partial charge in [-0.05, 0) is 24.3 Å². The minimum atomic E-state index is 0.537. The Bertz CT molecular complexity index is 269. The highest BCUT2D eigenvalue weighted by Gasteiger charge is 1.92. The summed E-state index contributed by atoms with van der Waals surface area (Å²) in [4.78, 5) is 0. The van der Waals surface area contributed by atoms with Gasteiger partial charge in [-0.2, -0.15) is 0 Å². The molecule has 0 spiro atoms. The van der Waals surface area contributed by atoms with Crippen LogP contribution in [0.3, 0.4) is 0 Å². The van der Waals surface area contributed by atoms with Crippen molar-refractivity contribution in [2.75, 3.05) is 19.8 Å². The molecule has 0 saturated heterocycles. The summed E-state index contributed by atoms with van der Waals surface area (Å²) in [7, 11) is 0. The van der Waals surface area contributed by atoms with E-state index in [2.05, 4.69) is 6.58 Å². The summed E-state index contributed by atoms with van der Waals surface area (Å²) in [5, 5.41) is 0.709. The van der Waals surface area contributed by atoms with Gasteiger partial charge in [-0.3, -0.25) is 0 Å². The van der Waals surface area contributed by atoms with E-state index in [0.29, 0.717) is 24.8 Å². The number of ether oxygens (including phenoxy) is 2. The zero-order valence-corrected chi connectivity index (χ0v) is 8.67. The molecule has 1 rings (SSSR count). The van der Waals surface area contributed by atoms with Crippen LogP contribution in [0.2, 0.25) is 5.02 Å². The fourth-order valence-corrected chi connectivity index (χ4v) is 1.04. The van der Waals surface area contributed by atoms with Crippen molar-refractivity contribution >= 4 is 11.6 Å². The van der Waals surface area contributed by atoms with E-state index in [-0.39, 0.29) is 0 Å². The summed E-state index contributed by atoms with van der Waals surface area (Å²) < 4.78 is 10.5. The van der Waals surface area contributed by atoms with Crippen LogP contribution in [0, 0.1) is 0 Å². The summed E-state index contributed by atoms with van der Waals surface area (Å²) in [6.45, 7) is 5.21. The molecule has 0 radical (unpaired) electrons. The van der Waals surface area contributed by atoms with Gasteiger partial charge < -0.3 is 9.47 Å². The molecule has 0 aliphatic carbocycles. The lowest BCUT2D eigenvalue weighted by molar-refractivity contribution is 0.121. The molecule has 76 valence electrons. The molecule has 0 unspecified atom stereocenters. The normalized spacial score (nSPS) is 9.79. The predicted octanol–water partition coefficient (Wildman–Crippen LogP) is 2.92. The first kappa shape index (κ1) is 11.1. The van der Waals surface area contributed by atoms with Crippen molar-refractivity contribution in [1.82, 2.24) is 0 Å². The highest BCUT2D eigenvalue weighted by Crippen LogP contribution is 2.15. The molecule has 0 bridgehead atoms. The predicted molar refractivity (Wildman–Crippen MR) is 58.0 cm³/mol. The van der Waals surface area contributed by atoms with Crippen LogP contribution >= 0.6 is 11.6 Å². The maximum absolute atomic E-state index is 5.72. The second kappa shape index (κ2) is 6.46. The van der Waals surface area contributed by atoms with Crippen molar-refractivity contribution in [3.05, 3.63) is 41.9 Å². The van der Waals surface area contributed by atoms with E-state index < -0.39 is 0 Å². The number of rotatable bonds is 6. The van der Waals surface area contributed by atoms with Crippen LogP contribution in [-0.4, -0.2) is 19.8 Å². The maximum Gasteiger partial charge on any atom is 0.119 e. The number of hydrogen-bond acceptors (Lipinski definition) is 2. The van der Waals surface area contributed by atoms with Gasteiger partial charge in [-0.1, -0.05) is 17.7 Å². The van der Waals surface area contributed by atoms with Gasteiger partial charge in [0.1, 0.15) is 12.4 Å². The highest BCUT2D eigenvalue weighted by molar-refractivity contribution is 6.30. The van der Waals surface area contributed by atoms with Crippen LogP contribution in [0.4, 0.5) is 0 Å². The molecule has 0 saturated carbocycles. The lowest BCUT2D eigenvalue weighted by Crippen LogP contribution is -2.06. The Morgan fingerprint density at radius 3 is 2.57 bits per heavy atom. The third-order valence-electron chi connectivity index (χ3n) is 1.55. The Kier molecular flexibility index (Phi) is 5.12. The number of hydrogen-bond donors (Lipinski definition) is 0. The average molecular weight is 213 g/mol. The van der Waals surface area contributed by atoms with Crippen LogP contribution < -0.4 is 4.74 Å². The van der Waals surface area contributed by atoms with Gasteiger partial charge in [0.15, 0.2) is 0 Å². The van der Waals surface area contributed by atoms with Gasteiger partial charge in [-0.25, -0.2) is 0 Å². The van der Waals surface area contributed by atoms with Crippen molar-refractivity contribution < 1.29 is 9.47 Å². The first-order valence-corrected chi connectivity index (χ1v) is 4.77. The smallest absolute Gasteiger partial charge is 0.119 e. The molecular formula is C11H13ClO2. The Morgan fingerprint density at radius 1 is 1.21 bits per heavy atom. The van der Waals surface area contributed by atoms with Crippen molar-refractivity contribution in [3.63, 3.8) is 0 Å². The van der Waals surface area contributed by atoms with Crippen molar-refractivity contribution in [3.8, 4) is 5.75 Å². The Labute approximate surface area is 89.1 Å². The van der Waals surface area contributed by atoms with Crippen molar-refractivity contribution in [2.45, 2.75) is 0 Å². The lowest BCUT2D eigenvalue weighted by Gasteiger charge is -2.05.